The number of hydrogen-bond donors (Lipinski definition) is 1. The highest BCUT2D eigenvalue weighted by atomic mass is 35.5. The topological polar surface area (TPSA) is 46.9 Å². The second-order valence-electron chi connectivity index (χ2n) is 8.31. The number of hydrogen-bond acceptors (Lipinski definition) is 2. The summed E-state index contributed by atoms with van der Waals surface area (Å²) in [5.41, 5.74) is 4.33. The van der Waals surface area contributed by atoms with E-state index in [4.69, 9.17) is 28.2 Å². The fraction of sp³-hybridized carbons (Fsp3) is 0.103. The van der Waals surface area contributed by atoms with Crippen molar-refractivity contribution in [2.75, 3.05) is 0 Å². The summed E-state index contributed by atoms with van der Waals surface area (Å²) in [5, 5.41) is 4.43. The van der Waals surface area contributed by atoms with Crippen molar-refractivity contribution in [1.29, 1.82) is 0 Å². The van der Waals surface area contributed by atoms with E-state index < -0.39 is 0 Å². The lowest BCUT2D eigenvalue weighted by molar-refractivity contribution is 0.0936. The first kappa shape index (κ1) is 23.2. The molecule has 0 aliphatic rings. The Morgan fingerprint density at radius 2 is 1.43 bits per heavy atom. The maximum Gasteiger partial charge on any atom is 0.251 e. The van der Waals surface area contributed by atoms with Crippen LogP contribution in [0.1, 0.15) is 33.4 Å². The largest absolute Gasteiger partial charge is 0.345 e. The van der Waals surface area contributed by atoms with E-state index in [1.54, 1.807) is 0 Å². The van der Waals surface area contributed by atoms with Gasteiger partial charge in [-0.3, -0.25) is 4.79 Å². The van der Waals surface area contributed by atoms with Crippen molar-refractivity contribution in [3.63, 3.8) is 0 Å². The number of rotatable bonds is 7. The average molecular weight is 500 g/mol. The highest BCUT2D eigenvalue weighted by Crippen LogP contribution is 2.29. The molecule has 0 aliphatic heterocycles. The normalized spacial score (nSPS) is 11.9. The first-order chi connectivity index (χ1) is 17.1. The monoisotopic (exact) mass is 499 g/mol. The van der Waals surface area contributed by atoms with Crippen molar-refractivity contribution in [1.82, 2.24) is 14.9 Å². The Hall–Kier alpha value is -3.60. The number of nitrogens with zero attached hydrogens (tertiary/aromatic N) is 2. The van der Waals surface area contributed by atoms with Gasteiger partial charge in [-0.1, -0.05) is 89.9 Å². The van der Waals surface area contributed by atoms with E-state index in [1.807, 2.05) is 103 Å². The molecule has 0 bridgehead atoms. The summed E-state index contributed by atoms with van der Waals surface area (Å²) in [5.74, 6) is 0.709. The van der Waals surface area contributed by atoms with Crippen LogP contribution in [-0.4, -0.2) is 15.5 Å². The molecule has 6 heteroatoms. The zero-order valence-electron chi connectivity index (χ0n) is 18.9. The van der Waals surface area contributed by atoms with Crippen LogP contribution >= 0.6 is 23.2 Å². The molecule has 1 heterocycles. The number of para-hydroxylation sites is 2. The van der Waals surface area contributed by atoms with E-state index in [0.717, 1.165) is 28.0 Å². The van der Waals surface area contributed by atoms with Gasteiger partial charge < -0.3 is 9.88 Å². The van der Waals surface area contributed by atoms with Gasteiger partial charge in [0.05, 0.1) is 23.6 Å². The molecule has 4 aromatic carbocycles. The van der Waals surface area contributed by atoms with Crippen LogP contribution in [0.4, 0.5) is 0 Å². The Morgan fingerprint density at radius 1 is 0.800 bits per heavy atom. The molecule has 0 saturated carbocycles. The Bertz CT molecular complexity index is 1450. The van der Waals surface area contributed by atoms with Crippen molar-refractivity contribution in [2.24, 2.45) is 0 Å². The molecule has 1 aromatic heterocycles. The molecule has 0 unspecified atom stereocenters. The third-order valence-corrected chi connectivity index (χ3v) is 6.75. The maximum atomic E-state index is 13.1. The smallest absolute Gasteiger partial charge is 0.251 e. The molecule has 0 saturated heterocycles. The second kappa shape index (κ2) is 10.3. The zero-order valence-corrected chi connectivity index (χ0v) is 20.4. The Balaban J connectivity index is 1.54. The summed E-state index contributed by atoms with van der Waals surface area (Å²) < 4.78 is 2.13. The zero-order chi connectivity index (χ0) is 24.2. The molecule has 174 valence electrons. The third-order valence-electron chi connectivity index (χ3n) is 6.04. The molecule has 0 fully saturated rings. The number of halogens is 2. The summed E-state index contributed by atoms with van der Waals surface area (Å²) in [4.78, 5) is 18.0. The van der Waals surface area contributed by atoms with Crippen LogP contribution in [-0.2, 0) is 13.0 Å². The number of fused-ring (bicyclic) bond motifs is 1. The quantitative estimate of drug-likeness (QED) is 0.259. The second-order valence-corrected chi connectivity index (χ2v) is 9.12. The average Bonchev–Trinajstić information content (AvgIpc) is 3.23. The number of imidazole rings is 1. The number of carbonyl (C=O) groups is 1. The number of benzene rings is 4. The summed E-state index contributed by atoms with van der Waals surface area (Å²) >= 11 is 13.0. The standard InChI is InChI=1S/C29H23Cl2N3O/c30-23-14-9-15-24(31)22(23)19-34-27-17-8-7-16-25(27)32-28(34)18-26(20-10-3-1-4-11-20)33-29(35)21-12-5-2-6-13-21/h1-17,26H,18-19H2,(H,33,35)/t26-/m1/s1. The number of aromatic nitrogens is 2. The minimum absolute atomic E-state index is 0.128. The van der Waals surface area contributed by atoms with Gasteiger partial charge in [-0.15, -0.1) is 0 Å². The van der Waals surface area contributed by atoms with E-state index in [9.17, 15) is 4.79 Å². The van der Waals surface area contributed by atoms with Gasteiger partial charge in [-0.05, 0) is 42.0 Å². The van der Waals surface area contributed by atoms with Crippen LogP contribution in [0.2, 0.25) is 10.0 Å². The lowest BCUT2D eigenvalue weighted by atomic mass is 10.0. The highest BCUT2D eigenvalue weighted by molar-refractivity contribution is 6.36. The molecule has 0 aliphatic carbocycles. The van der Waals surface area contributed by atoms with Gasteiger partial charge in [0, 0.05) is 27.6 Å². The fourth-order valence-electron chi connectivity index (χ4n) is 4.25. The van der Waals surface area contributed by atoms with Crippen molar-refractivity contribution in [3.8, 4) is 0 Å². The van der Waals surface area contributed by atoms with Crippen molar-refractivity contribution in [3.05, 3.63) is 136 Å². The molecule has 0 radical (unpaired) electrons. The molecule has 1 amide bonds. The first-order valence-electron chi connectivity index (χ1n) is 11.4. The van der Waals surface area contributed by atoms with Crippen LogP contribution in [0.15, 0.2) is 103 Å². The number of nitrogens with one attached hydrogen (secondary N) is 1. The van der Waals surface area contributed by atoms with E-state index in [1.165, 1.54) is 0 Å². The number of amides is 1. The molecular weight excluding hydrogens is 477 g/mol. The Morgan fingerprint density at radius 3 is 2.14 bits per heavy atom. The molecule has 0 spiro atoms. The Kier molecular flexibility index (Phi) is 6.84. The van der Waals surface area contributed by atoms with Crippen LogP contribution in [0.3, 0.4) is 0 Å². The molecule has 5 rings (SSSR count). The molecule has 1 atom stereocenters. The summed E-state index contributed by atoms with van der Waals surface area (Å²) in [6, 6.07) is 32.4. The van der Waals surface area contributed by atoms with Crippen molar-refractivity contribution < 1.29 is 4.79 Å². The van der Waals surface area contributed by atoms with Crippen LogP contribution in [0.25, 0.3) is 11.0 Å². The van der Waals surface area contributed by atoms with Gasteiger partial charge in [0.25, 0.3) is 5.91 Å². The molecule has 1 N–H and O–H groups in total. The summed E-state index contributed by atoms with van der Waals surface area (Å²) in [7, 11) is 0. The van der Waals surface area contributed by atoms with Crippen LogP contribution in [0.5, 0.6) is 0 Å². The van der Waals surface area contributed by atoms with Gasteiger partial charge in [0.2, 0.25) is 0 Å². The van der Waals surface area contributed by atoms with Crippen LogP contribution in [0, 0.1) is 0 Å². The van der Waals surface area contributed by atoms with Gasteiger partial charge in [-0.25, -0.2) is 4.98 Å². The van der Waals surface area contributed by atoms with E-state index in [0.29, 0.717) is 28.6 Å². The van der Waals surface area contributed by atoms with Gasteiger partial charge in [0.15, 0.2) is 0 Å². The predicted molar refractivity (Wildman–Crippen MR) is 142 cm³/mol. The highest BCUT2D eigenvalue weighted by Gasteiger charge is 2.21. The fourth-order valence-corrected chi connectivity index (χ4v) is 4.77. The van der Waals surface area contributed by atoms with Gasteiger partial charge >= 0.3 is 0 Å². The summed E-state index contributed by atoms with van der Waals surface area (Å²) in [6.45, 7) is 0.475. The van der Waals surface area contributed by atoms with E-state index >= 15 is 0 Å². The molecular formula is C29H23Cl2N3O. The first-order valence-corrected chi connectivity index (χ1v) is 12.1. The Labute approximate surface area is 214 Å². The van der Waals surface area contributed by atoms with Crippen LogP contribution < -0.4 is 5.32 Å². The third kappa shape index (κ3) is 5.09. The van der Waals surface area contributed by atoms with Gasteiger partial charge in [-0.2, -0.15) is 0 Å². The minimum atomic E-state index is -0.277. The lowest BCUT2D eigenvalue weighted by Crippen LogP contribution is -2.30. The lowest BCUT2D eigenvalue weighted by Gasteiger charge is -2.20. The molecule has 35 heavy (non-hydrogen) atoms. The van der Waals surface area contributed by atoms with Crippen molar-refractivity contribution in [2.45, 2.75) is 19.0 Å². The minimum Gasteiger partial charge on any atom is -0.345 e. The van der Waals surface area contributed by atoms with E-state index in [2.05, 4.69) is 9.88 Å². The number of carbonyl (C=O) groups excluding carboxylic acids is 1. The molecule has 4 nitrogen and oxygen atoms in total. The van der Waals surface area contributed by atoms with Gasteiger partial charge in [0.1, 0.15) is 5.82 Å². The van der Waals surface area contributed by atoms with Crippen molar-refractivity contribution >= 4 is 40.1 Å². The maximum absolute atomic E-state index is 13.1. The predicted octanol–water partition coefficient (Wildman–Crippen LogP) is 7.11. The SMILES string of the molecule is O=C(N[C@H](Cc1nc2ccccc2n1Cc1c(Cl)cccc1Cl)c1ccccc1)c1ccccc1. The summed E-state index contributed by atoms with van der Waals surface area (Å²) in [6.07, 6.45) is 0.499. The molecule has 5 aromatic rings. The van der Waals surface area contributed by atoms with E-state index in [-0.39, 0.29) is 11.9 Å².